The van der Waals surface area contributed by atoms with E-state index >= 15 is 0 Å². The number of amides is 1. The number of halogens is 1. The first kappa shape index (κ1) is 17.7. The molecule has 0 bridgehead atoms. The van der Waals surface area contributed by atoms with Crippen LogP contribution in [-0.2, 0) is 19.4 Å². The Morgan fingerprint density at radius 1 is 1.04 bits per heavy atom. The quantitative estimate of drug-likeness (QED) is 0.844. The van der Waals surface area contributed by atoms with Crippen molar-refractivity contribution in [1.82, 2.24) is 0 Å². The predicted molar refractivity (Wildman–Crippen MR) is 104 cm³/mol. The standard InChI is InChI=1S/C21H25FN2OS/c22-16-10-8-15(9-11-16)20(25)23-21-18(17-6-5-7-19(17)26-21)14-24-12-3-1-2-4-13-24/h8-11H,1-7,12-14H2,(H,23,25)/p+1. The summed E-state index contributed by atoms with van der Waals surface area (Å²) in [5.41, 5.74) is 3.35. The van der Waals surface area contributed by atoms with Crippen LogP contribution in [0.3, 0.4) is 0 Å². The highest BCUT2D eigenvalue weighted by atomic mass is 32.1. The largest absolute Gasteiger partial charge is 0.331 e. The zero-order chi connectivity index (χ0) is 17.9. The van der Waals surface area contributed by atoms with Crippen LogP contribution in [0.1, 0.15) is 58.5 Å². The normalized spacial score (nSPS) is 17.7. The molecule has 0 unspecified atom stereocenters. The zero-order valence-electron chi connectivity index (χ0n) is 15.1. The molecule has 26 heavy (non-hydrogen) atoms. The summed E-state index contributed by atoms with van der Waals surface area (Å²) in [7, 11) is 0. The van der Waals surface area contributed by atoms with Gasteiger partial charge in [0, 0.05) is 16.0 Å². The first-order valence-corrected chi connectivity index (χ1v) is 10.6. The van der Waals surface area contributed by atoms with E-state index in [4.69, 9.17) is 0 Å². The lowest BCUT2D eigenvalue weighted by molar-refractivity contribution is -0.913. The Hall–Kier alpha value is -1.72. The summed E-state index contributed by atoms with van der Waals surface area (Å²) in [6.45, 7) is 3.48. The van der Waals surface area contributed by atoms with Crippen molar-refractivity contribution >= 4 is 22.2 Å². The summed E-state index contributed by atoms with van der Waals surface area (Å²) in [6, 6.07) is 5.77. The highest BCUT2D eigenvalue weighted by Gasteiger charge is 2.26. The molecule has 2 aliphatic rings. The van der Waals surface area contributed by atoms with Crippen LogP contribution in [0.15, 0.2) is 24.3 Å². The van der Waals surface area contributed by atoms with E-state index < -0.39 is 0 Å². The molecule has 0 atom stereocenters. The minimum Gasteiger partial charge on any atom is -0.331 e. The van der Waals surface area contributed by atoms with Gasteiger partial charge in [-0.3, -0.25) is 4.79 Å². The monoisotopic (exact) mass is 373 g/mol. The van der Waals surface area contributed by atoms with Crippen molar-refractivity contribution in [2.75, 3.05) is 18.4 Å². The molecule has 1 aromatic heterocycles. The molecule has 2 N–H and O–H groups in total. The van der Waals surface area contributed by atoms with Crippen molar-refractivity contribution in [3.63, 3.8) is 0 Å². The highest BCUT2D eigenvalue weighted by molar-refractivity contribution is 7.16. The first-order chi connectivity index (χ1) is 12.7. The summed E-state index contributed by atoms with van der Waals surface area (Å²) < 4.78 is 13.1. The Bertz CT molecular complexity index is 776. The van der Waals surface area contributed by atoms with Crippen LogP contribution in [0, 0.1) is 5.82 Å². The molecular formula is C21H26FN2OS+. The molecule has 1 aliphatic heterocycles. The fraction of sp³-hybridized carbons (Fsp3) is 0.476. The fourth-order valence-corrected chi connectivity index (χ4v) is 5.49. The second kappa shape index (κ2) is 7.89. The fourth-order valence-electron chi connectivity index (χ4n) is 4.19. The maximum Gasteiger partial charge on any atom is 0.256 e. The van der Waals surface area contributed by atoms with Gasteiger partial charge in [-0.1, -0.05) is 0 Å². The molecule has 1 saturated heterocycles. The summed E-state index contributed by atoms with van der Waals surface area (Å²) >= 11 is 1.75. The number of nitrogens with one attached hydrogen (secondary N) is 2. The van der Waals surface area contributed by atoms with E-state index in [1.54, 1.807) is 28.4 Å². The lowest BCUT2D eigenvalue weighted by Gasteiger charge is -2.18. The second-order valence-corrected chi connectivity index (χ2v) is 8.57. The summed E-state index contributed by atoms with van der Waals surface area (Å²) in [6.07, 6.45) is 8.81. The summed E-state index contributed by atoms with van der Waals surface area (Å²) in [5.74, 6) is -0.459. The van der Waals surface area contributed by atoms with Crippen molar-refractivity contribution < 1.29 is 14.1 Å². The van der Waals surface area contributed by atoms with Crippen molar-refractivity contribution in [2.45, 2.75) is 51.5 Å². The van der Waals surface area contributed by atoms with Crippen molar-refractivity contribution in [3.8, 4) is 0 Å². The molecule has 4 rings (SSSR count). The molecule has 5 heteroatoms. The molecular weight excluding hydrogens is 347 g/mol. The predicted octanol–water partition coefficient (Wildman–Crippen LogP) is 3.59. The van der Waals surface area contributed by atoms with Crippen LogP contribution in [0.25, 0.3) is 0 Å². The van der Waals surface area contributed by atoms with Gasteiger partial charge in [0.1, 0.15) is 17.4 Å². The minimum atomic E-state index is -0.317. The molecule has 0 spiro atoms. The van der Waals surface area contributed by atoms with E-state index in [2.05, 4.69) is 5.32 Å². The Kier molecular flexibility index (Phi) is 5.36. The number of rotatable bonds is 4. The van der Waals surface area contributed by atoms with Gasteiger partial charge in [-0.15, -0.1) is 11.3 Å². The number of hydrogen-bond acceptors (Lipinski definition) is 2. The van der Waals surface area contributed by atoms with E-state index in [0.717, 1.165) is 24.4 Å². The van der Waals surface area contributed by atoms with Gasteiger partial charge in [-0.2, -0.15) is 0 Å². The van der Waals surface area contributed by atoms with Gasteiger partial charge in [0.25, 0.3) is 5.91 Å². The topological polar surface area (TPSA) is 33.5 Å². The molecule has 0 saturated carbocycles. The third-order valence-electron chi connectivity index (χ3n) is 5.60. The van der Waals surface area contributed by atoms with Gasteiger partial charge in [0.05, 0.1) is 13.1 Å². The van der Waals surface area contributed by atoms with E-state index in [0.29, 0.717) is 5.56 Å². The lowest BCUT2D eigenvalue weighted by atomic mass is 10.1. The second-order valence-electron chi connectivity index (χ2n) is 7.47. The number of likely N-dealkylation sites (tertiary alicyclic amines) is 1. The number of aryl methyl sites for hydroxylation is 1. The Morgan fingerprint density at radius 3 is 2.50 bits per heavy atom. The van der Waals surface area contributed by atoms with Gasteiger partial charge >= 0.3 is 0 Å². The zero-order valence-corrected chi connectivity index (χ0v) is 15.9. The van der Waals surface area contributed by atoms with Crippen LogP contribution in [0.2, 0.25) is 0 Å². The first-order valence-electron chi connectivity index (χ1n) is 9.74. The Labute approximate surface area is 158 Å². The number of quaternary nitrogens is 1. The molecule has 138 valence electrons. The summed E-state index contributed by atoms with van der Waals surface area (Å²) in [4.78, 5) is 15.7. The van der Waals surface area contributed by atoms with Crippen LogP contribution < -0.4 is 10.2 Å². The molecule has 1 aromatic carbocycles. The number of carbonyl (C=O) groups excluding carboxylic acids is 1. The van der Waals surface area contributed by atoms with E-state index in [-0.39, 0.29) is 11.7 Å². The smallest absolute Gasteiger partial charge is 0.256 e. The molecule has 2 aromatic rings. The average Bonchev–Trinajstić information content (AvgIpc) is 3.09. The number of carbonyl (C=O) groups is 1. The van der Waals surface area contributed by atoms with Gasteiger partial charge in [0.2, 0.25) is 0 Å². The van der Waals surface area contributed by atoms with E-state index in [1.165, 1.54) is 73.3 Å². The molecule has 3 nitrogen and oxygen atoms in total. The lowest BCUT2D eigenvalue weighted by Crippen LogP contribution is -3.10. The Balaban J connectivity index is 1.55. The van der Waals surface area contributed by atoms with Gasteiger partial charge in [-0.05, 0) is 74.8 Å². The number of fused-ring (bicyclic) bond motifs is 1. The minimum absolute atomic E-state index is 0.142. The van der Waals surface area contributed by atoms with E-state index in [1.807, 2.05) is 0 Å². The van der Waals surface area contributed by atoms with Gasteiger partial charge in [-0.25, -0.2) is 4.39 Å². The molecule has 1 aliphatic carbocycles. The summed E-state index contributed by atoms with van der Waals surface area (Å²) in [5, 5.41) is 4.14. The van der Waals surface area contributed by atoms with E-state index in [9.17, 15) is 9.18 Å². The maximum atomic E-state index is 13.1. The number of hydrogen-bond donors (Lipinski definition) is 2. The molecule has 1 amide bonds. The molecule has 0 radical (unpaired) electrons. The number of anilines is 1. The Morgan fingerprint density at radius 2 is 1.77 bits per heavy atom. The molecule has 2 heterocycles. The molecule has 1 fully saturated rings. The van der Waals surface area contributed by atoms with Crippen LogP contribution in [0.5, 0.6) is 0 Å². The number of thiophene rings is 1. The SMILES string of the molecule is O=C(Nc1sc2c(c1C[NH+]1CCCCCC1)CCC2)c1ccc(F)cc1. The van der Waals surface area contributed by atoms with Crippen LogP contribution >= 0.6 is 11.3 Å². The van der Waals surface area contributed by atoms with Crippen molar-refractivity contribution in [2.24, 2.45) is 0 Å². The maximum absolute atomic E-state index is 13.1. The highest BCUT2D eigenvalue weighted by Crippen LogP contribution is 2.39. The average molecular weight is 374 g/mol. The van der Waals surface area contributed by atoms with Crippen molar-refractivity contribution in [3.05, 3.63) is 51.7 Å². The number of benzene rings is 1. The van der Waals surface area contributed by atoms with Crippen molar-refractivity contribution in [1.29, 1.82) is 0 Å². The van der Waals surface area contributed by atoms with Crippen LogP contribution in [0.4, 0.5) is 9.39 Å². The third-order valence-corrected chi connectivity index (χ3v) is 6.85. The van der Waals surface area contributed by atoms with Gasteiger partial charge < -0.3 is 10.2 Å². The van der Waals surface area contributed by atoms with Gasteiger partial charge in [0.15, 0.2) is 0 Å². The van der Waals surface area contributed by atoms with Crippen LogP contribution in [-0.4, -0.2) is 19.0 Å². The third kappa shape index (κ3) is 3.84.